The molecule has 1 aromatic carbocycles. The molecule has 276 valence electrons. The summed E-state index contributed by atoms with van der Waals surface area (Å²) in [5, 5.41) is 34.5. The van der Waals surface area contributed by atoms with E-state index >= 15 is 0 Å². The van der Waals surface area contributed by atoms with Gasteiger partial charge in [0.25, 0.3) is 11.8 Å². The van der Waals surface area contributed by atoms with Gasteiger partial charge in [0.1, 0.15) is 17.9 Å². The maximum Gasteiger partial charge on any atom is 0.328 e. The van der Waals surface area contributed by atoms with Crippen LogP contribution in [0.4, 0.5) is 10.2 Å². The van der Waals surface area contributed by atoms with Crippen molar-refractivity contribution in [3.63, 3.8) is 0 Å². The van der Waals surface area contributed by atoms with Crippen molar-refractivity contribution in [2.45, 2.75) is 72.6 Å². The first-order valence-corrected chi connectivity index (χ1v) is 17.0. The Balaban J connectivity index is 0.000000753. The summed E-state index contributed by atoms with van der Waals surface area (Å²) < 4.78 is 20.4. The Morgan fingerprint density at radius 3 is 2.28 bits per heavy atom. The number of carbonyl (C=O) groups is 3. The number of aliphatic hydroxyl groups excluding tert-OH is 1. The van der Waals surface area contributed by atoms with Crippen LogP contribution in [0.2, 0.25) is 0 Å². The van der Waals surface area contributed by atoms with E-state index in [4.69, 9.17) is 14.9 Å². The fraction of sp³-hybridized carbons (Fsp3) is 0.600. The molecule has 0 bridgehead atoms. The second kappa shape index (κ2) is 18.2. The highest BCUT2D eigenvalue weighted by Gasteiger charge is 2.50. The van der Waals surface area contributed by atoms with Gasteiger partial charge in [0.05, 0.1) is 11.7 Å². The molecule has 2 atom stereocenters. The number of rotatable bonds is 15. The SMILES string of the molecule is CCN(C)C[C@H](O)CC(C(C)C)N1CC2(CCN(c3ncnnc3Oc3ccc(F)cc3C(=O)N(CC)C(C)C)C2)C1.O=C(O)/C=C/C(=O)O. The highest BCUT2D eigenvalue weighted by atomic mass is 19.1. The van der Waals surface area contributed by atoms with E-state index in [0.29, 0.717) is 43.0 Å². The first kappa shape index (κ1) is 40.2. The molecule has 2 aliphatic heterocycles. The van der Waals surface area contributed by atoms with E-state index < -0.39 is 17.8 Å². The van der Waals surface area contributed by atoms with Gasteiger partial charge in [-0.15, -0.1) is 10.2 Å². The fourth-order valence-electron chi connectivity index (χ4n) is 6.55. The largest absolute Gasteiger partial charge is 0.478 e. The third-order valence-corrected chi connectivity index (χ3v) is 9.17. The number of ether oxygens (including phenoxy) is 1. The van der Waals surface area contributed by atoms with Gasteiger partial charge in [0, 0.05) is 68.9 Å². The van der Waals surface area contributed by atoms with E-state index in [1.54, 1.807) is 4.90 Å². The van der Waals surface area contributed by atoms with Gasteiger partial charge in [0.2, 0.25) is 0 Å². The van der Waals surface area contributed by atoms with Crippen molar-refractivity contribution in [2.75, 3.05) is 57.8 Å². The molecule has 0 saturated carbocycles. The smallest absolute Gasteiger partial charge is 0.328 e. The minimum Gasteiger partial charge on any atom is -0.478 e. The van der Waals surface area contributed by atoms with Gasteiger partial charge in [-0.1, -0.05) is 20.8 Å². The van der Waals surface area contributed by atoms with Crippen molar-refractivity contribution < 1.29 is 38.8 Å². The summed E-state index contributed by atoms with van der Waals surface area (Å²) in [5.74, 6) is -1.90. The molecule has 2 saturated heterocycles. The van der Waals surface area contributed by atoms with E-state index in [2.05, 4.69) is 50.7 Å². The molecule has 3 N–H and O–H groups in total. The number of likely N-dealkylation sites (N-methyl/N-ethyl adjacent to an activating group) is 1. The predicted molar refractivity (Wildman–Crippen MR) is 186 cm³/mol. The van der Waals surface area contributed by atoms with Crippen molar-refractivity contribution in [3.8, 4) is 11.6 Å². The van der Waals surface area contributed by atoms with Crippen molar-refractivity contribution in [3.05, 3.63) is 48.1 Å². The number of aliphatic carboxylic acids is 2. The maximum absolute atomic E-state index is 14.3. The Hall–Kier alpha value is -4.21. The molecule has 0 aliphatic carbocycles. The number of carboxylic acids is 2. The van der Waals surface area contributed by atoms with Crippen molar-refractivity contribution >= 4 is 23.7 Å². The van der Waals surface area contributed by atoms with Crippen LogP contribution in [0.5, 0.6) is 11.6 Å². The summed E-state index contributed by atoms with van der Waals surface area (Å²) in [6, 6.07) is 4.22. The standard InChI is InChI=1S/C31H48FN7O3.C4H4O4/c1-8-36(7)16-24(40)15-26(21(3)4)38-18-31(19-38)12-13-37(17-31)28-29(35-34-20-33-28)42-27-11-10-23(32)14-25(27)30(41)39(9-2)22(5)6;5-3(6)1-2-4(7)8/h10-11,14,20-22,24,26,40H,8-9,12-13,15-19H2,1-7H3;1-2H,(H,5,6)(H,7,8)/b;2-1+/t24-,26?;/m1./s1. The van der Waals surface area contributed by atoms with Crippen LogP contribution >= 0.6 is 0 Å². The lowest BCUT2D eigenvalue weighted by molar-refractivity contribution is -0.134. The molecular weight excluding hydrogens is 649 g/mol. The number of anilines is 1. The molecule has 2 aliphatic rings. The molecule has 2 aromatic rings. The number of amides is 1. The van der Waals surface area contributed by atoms with E-state index in [1.165, 1.54) is 24.5 Å². The van der Waals surface area contributed by atoms with Crippen LogP contribution in [0, 0.1) is 17.2 Å². The number of benzene rings is 1. The van der Waals surface area contributed by atoms with Gasteiger partial charge in [-0.25, -0.2) is 19.0 Å². The van der Waals surface area contributed by atoms with E-state index in [9.17, 15) is 23.9 Å². The van der Waals surface area contributed by atoms with E-state index in [1.807, 2.05) is 27.8 Å². The molecule has 4 rings (SSSR count). The van der Waals surface area contributed by atoms with Gasteiger partial charge < -0.3 is 34.8 Å². The van der Waals surface area contributed by atoms with Crippen LogP contribution in [-0.4, -0.2) is 134 Å². The molecule has 3 heterocycles. The third kappa shape index (κ3) is 10.9. The molecule has 2 fully saturated rings. The monoisotopic (exact) mass is 701 g/mol. The van der Waals surface area contributed by atoms with E-state index in [-0.39, 0.29) is 40.7 Å². The zero-order chi connectivity index (χ0) is 37.2. The summed E-state index contributed by atoms with van der Waals surface area (Å²) in [5.41, 5.74) is 0.276. The molecular formula is C35H52FN7O7. The molecule has 1 aromatic heterocycles. The van der Waals surface area contributed by atoms with Crippen molar-refractivity contribution in [1.29, 1.82) is 0 Å². The van der Waals surface area contributed by atoms with Crippen LogP contribution in [0.1, 0.15) is 64.7 Å². The van der Waals surface area contributed by atoms with Crippen LogP contribution < -0.4 is 9.64 Å². The molecule has 1 spiro atoms. The summed E-state index contributed by atoms with van der Waals surface area (Å²) in [6.07, 6.45) is 3.95. The van der Waals surface area contributed by atoms with Crippen LogP contribution in [-0.2, 0) is 9.59 Å². The summed E-state index contributed by atoms with van der Waals surface area (Å²) >= 11 is 0. The third-order valence-electron chi connectivity index (χ3n) is 9.17. The molecule has 14 nitrogen and oxygen atoms in total. The van der Waals surface area contributed by atoms with Gasteiger partial charge in [-0.05, 0) is 71.3 Å². The number of hydrogen-bond acceptors (Lipinski definition) is 11. The lowest BCUT2D eigenvalue weighted by atomic mass is 9.76. The molecule has 50 heavy (non-hydrogen) atoms. The van der Waals surface area contributed by atoms with Crippen LogP contribution in [0.3, 0.4) is 0 Å². The number of carboxylic acid groups (broad SMARTS) is 2. The topological polar surface area (TPSA) is 173 Å². The number of nitrogens with zero attached hydrogens (tertiary/aromatic N) is 7. The Labute approximate surface area is 293 Å². The first-order chi connectivity index (χ1) is 23.6. The molecule has 1 unspecified atom stereocenters. The quantitative estimate of drug-likeness (QED) is 0.230. The van der Waals surface area contributed by atoms with Gasteiger partial charge in [-0.3, -0.25) is 9.69 Å². The fourth-order valence-corrected chi connectivity index (χ4v) is 6.55. The normalized spacial score (nSPS) is 16.8. The molecule has 0 radical (unpaired) electrons. The Morgan fingerprint density at radius 1 is 1.06 bits per heavy atom. The Kier molecular flexibility index (Phi) is 14.6. The van der Waals surface area contributed by atoms with Crippen LogP contribution in [0.25, 0.3) is 0 Å². The maximum atomic E-state index is 14.3. The van der Waals surface area contributed by atoms with Gasteiger partial charge in [-0.2, -0.15) is 0 Å². The lowest BCUT2D eigenvalue weighted by Gasteiger charge is -2.53. The highest BCUT2D eigenvalue weighted by Crippen LogP contribution is 2.44. The number of halogens is 1. The van der Waals surface area contributed by atoms with Gasteiger partial charge >= 0.3 is 11.9 Å². The van der Waals surface area contributed by atoms with Crippen LogP contribution in [0.15, 0.2) is 36.7 Å². The Morgan fingerprint density at radius 2 is 1.72 bits per heavy atom. The van der Waals surface area contributed by atoms with Gasteiger partial charge in [0.15, 0.2) is 5.82 Å². The number of carbonyl (C=O) groups excluding carboxylic acids is 1. The highest BCUT2D eigenvalue weighted by molar-refractivity contribution is 5.97. The second-order valence-electron chi connectivity index (χ2n) is 13.7. The lowest BCUT2D eigenvalue weighted by Crippen LogP contribution is -2.62. The zero-order valence-corrected chi connectivity index (χ0v) is 30.1. The summed E-state index contributed by atoms with van der Waals surface area (Å²) in [4.78, 5) is 45.4. The summed E-state index contributed by atoms with van der Waals surface area (Å²) in [7, 11) is 2.04. The zero-order valence-electron chi connectivity index (χ0n) is 30.1. The molecule has 15 heteroatoms. The Bertz CT molecular complexity index is 1470. The van der Waals surface area contributed by atoms with E-state index in [0.717, 1.165) is 45.6 Å². The minimum absolute atomic E-state index is 0.0496. The van der Waals surface area contributed by atoms with Crippen molar-refractivity contribution in [2.24, 2.45) is 11.3 Å². The summed E-state index contributed by atoms with van der Waals surface area (Å²) in [6.45, 7) is 17.9. The minimum atomic E-state index is -1.26. The second-order valence-corrected chi connectivity index (χ2v) is 13.7. The first-order valence-electron chi connectivity index (χ1n) is 17.0. The average Bonchev–Trinajstić information content (AvgIpc) is 3.49. The average molecular weight is 702 g/mol. The number of hydrogen-bond donors (Lipinski definition) is 3. The number of aromatic nitrogens is 3. The number of aliphatic hydroxyl groups is 1. The number of likely N-dealkylation sites (tertiary alicyclic amines) is 1. The molecule has 1 amide bonds. The van der Waals surface area contributed by atoms with Crippen molar-refractivity contribution in [1.82, 2.24) is 29.9 Å². The predicted octanol–water partition coefficient (Wildman–Crippen LogP) is 3.62.